The van der Waals surface area contributed by atoms with Crippen LogP contribution in [0.25, 0.3) is 5.57 Å². The van der Waals surface area contributed by atoms with E-state index >= 15 is 0 Å². The average Bonchev–Trinajstić information content (AvgIpc) is 3.10. The lowest BCUT2D eigenvalue weighted by atomic mass is 10.0. The maximum absolute atomic E-state index is 13.4. The van der Waals surface area contributed by atoms with E-state index in [1.807, 2.05) is 24.3 Å². The lowest BCUT2D eigenvalue weighted by molar-refractivity contribution is -0.384. The molecule has 1 heterocycles. The minimum Gasteiger partial charge on any atom is -0.372 e. The molecule has 0 fully saturated rings. The zero-order valence-corrected chi connectivity index (χ0v) is 18.9. The third-order valence-electron chi connectivity index (χ3n) is 5.73. The van der Waals surface area contributed by atoms with Crippen molar-refractivity contribution in [2.24, 2.45) is 0 Å². The van der Waals surface area contributed by atoms with E-state index in [2.05, 4.69) is 24.1 Å². The summed E-state index contributed by atoms with van der Waals surface area (Å²) >= 11 is 0. The second-order valence-corrected chi connectivity index (χ2v) is 7.68. The number of nitro groups is 1. The standard InChI is InChI=1S/C26H24N4O4/c1-3-28(4-2)20-16-12-19(13-17-20)27-24-23(18-10-14-22(15-11-18)30(33)34)25(31)29(26(24)32)21-8-6-5-7-9-21/h5-17,27H,3-4H2,1-2H3. The Balaban J connectivity index is 1.75. The van der Waals surface area contributed by atoms with Gasteiger partial charge >= 0.3 is 0 Å². The molecule has 1 aliphatic heterocycles. The van der Waals surface area contributed by atoms with Gasteiger partial charge in [0.05, 0.1) is 16.2 Å². The highest BCUT2D eigenvalue weighted by Crippen LogP contribution is 2.34. The van der Waals surface area contributed by atoms with Gasteiger partial charge in [0.2, 0.25) is 0 Å². The first-order chi connectivity index (χ1) is 16.4. The fourth-order valence-corrected chi connectivity index (χ4v) is 3.96. The summed E-state index contributed by atoms with van der Waals surface area (Å²) in [5, 5.41) is 14.2. The number of rotatable bonds is 8. The van der Waals surface area contributed by atoms with E-state index in [0.29, 0.717) is 16.9 Å². The number of nitrogens with zero attached hydrogens (tertiary/aromatic N) is 3. The van der Waals surface area contributed by atoms with E-state index in [9.17, 15) is 19.7 Å². The summed E-state index contributed by atoms with van der Waals surface area (Å²) in [7, 11) is 0. The van der Waals surface area contributed by atoms with Gasteiger partial charge in [0.15, 0.2) is 0 Å². The van der Waals surface area contributed by atoms with Gasteiger partial charge in [-0.1, -0.05) is 18.2 Å². The molecule has 0 unspecified atom stereocenters. The van der Waals surface area contributed by atoms with Gasteiger partial charge in [-0.25, -0.2) is 4.90 Å². The monoisotopic (exact) mass is 456 g/mol. The number of nitro benzene ring substituents is 1. The van der Waals surface area contributed by atoms with Crippen LogP contribution in [0.5, 0.6) is 0 Å². The van der Waals surface area contributed by atoms with Gasteiger partial charge in [-0.15, -0.1) is 0 Å². The van der Waals surface area contributed by atoms with Crippen molar-refractivity contribution in [1.29, 1.82) is 0 Å². The maximum atomic E-state index is 13.4. The second-order valence-electron chi connectivity index (χ2n) is 7.68. The topological polar surface area (TPSA) is 95.8 Å². The fraction of sp³-hybridized carbons (Fsp3) is 0.154. The van der Waals surface area contributed by atoms with Crippen LogP contribution in [0.3, 0.4) is 0 Å². The molecule has 34 heavy (non-hydrogen) atoms. The third kappa shape index (κ3) is 4.25. The lowest BCUT2D eigenvalue weighted by Gasteiger charge is -2.21. The van der Waals surface area contributed by atoms with Crippen LogP contribution in [0, 0.1) is 10.1 Å². The molecule has 0 aliphatic carbocycles. The quantitative estimate of drug-likeness (QED) is 0.296. The summed E-state index contributed by atoms with van der Waals surface area (Å²) in [6, 6.07) is 21.9. The molecule has 0 saturated heterocycles. The number of non-ortho nitro benzene ring substituents is 1. The van der Waals surface area contributed by atoms with Gasteiger partial charge in [-0.05, 0) is 67.9 Å². The number of nitrogens with one attached hydrogen (secondary N) is 1. The molecule has 1 N–H and O–H groups in total. The molecule has 3 aromatic rings. The summed E-state index contributed by atoms with van der Waals surface area (Å²) in [5.41, 5.74) is 2.77. The summed E-state index contributed by atoms with van der Waals surface area (Å²) < 4.78 is 0. The van der Waals surface area contributed by atoms with Crippen LogP contribution in [0.15, 0.2) is 84.6 Å². The predicted molar refractivity (Wildman–Crippen MR) is 133 cm³/mol. The molecule has 0 bridgehead atoms. The van der Waals surface area contributed by atoms with Crippen molar-refractivity contribution in [1.82, 2.24) is 0 Å². The van der Waals surface area contributed by atoms with E-state index in [1.165, 1.54) is 24.3 Å². The first-order valence-corrected chi connectivity index (χ1v) is 11.0. The van der Waals surface area contributed by atoms with Crippen molar-refractivity contribution < 1.29 is 14.5 Å². The molecule has 8 nitrogen and oxygen atoms in total. The van der Waals surface area contributed by atoms with Crippen LogP contribution in [-0.4, -0.2) is 29.8 Å². The number of hydrogen-bond donors (Lipinski definition) is 1. The molecular weight excluding hydrogens is 432 g/mol. The molecule has 0 spiro atoms. The highest BCUT2D eigenvalue weighted by Gasteiger charge is 2.40. The fourth-order valence-electron chi connectivity index (χ4n) is 3.96. The molecule has 172 valence electrons. The first kappa shape index (κ1) is 22.7. The Morgan fingerprint density at radius 3 is 2.03 bits per heavy atom. The molecule has 0 saturated carbocycles. The smallest absolute Gasteiger partial charge is 0.282 e. The Morgan fingerprint density at radius 1 is 0.853 bits per heavy atom. The number of benzene rings is 3. The van der Waals surface area contributed by atoms with Crippen molar-refractivity contribution >= 4 is 40.1 Å². The SMILES string of the molecule is CCN(CC)c1ccc(NC2=C(c3ccc([N+](=O)[O-])cc3)C(=O)N(c3ccccc3)C2=O)cc1. The van der Waals surface area contributed by atoms with Gasteiger partial charge in [0, 0.05) is 36.6 Å². The molecule has 4 rings (SSSR count). The van der Waals surface area contributed by atoms with E-state index in [0.717, 1.165) is 23.7 Å². The number of anilines is 3. The van der Waals surface area contributed by atoms with Crippen LogP contribution in [0.4, 0.5) is 22.7 Å². The van der Waals surface area contributed by atoms with Crippen molar-refractivity contribution in [2.45, 2.75) is 13.8 Å². The molecule has 0 aromatic heterocycles. The summed E-state index contributed by atoms with van der Waals surface area (Å²) in [6.45, 7) is 5.91. The Morgan fingerprint density at radius 2 is 1.47 bits per heavy atom. The van der Waals surface area contributed by atoms with Crippen molar-refractivity contribution in [2.75, 3.05) is 28.2 Å². The molecule has 0 radical (unpaired) electrons. The Hall–Kier alpha value is -4.46. The van der Waals surface area contributed by atoms with E-state index < -0.39 is 16.7 Å². The van der Waals surface area contributed by atoms with E-state index in [-0.39, 0.29) is 17.0 Å². The molecule has 0 atom stereocenters. The van der Waals surface area contributed by atoms with Gasteiger partial charge in [0.1, 0.15) is 5.70 Å². The average molecular weight is 457 g/mol. The maximum Gasteiger partial charge on any atom is 0.282 e. The zero-order valence-electron chi connectivity index (χ0n) is 18.9. The Labute approximate surface area is 197 Å². The molecule has 2 amide bonds. The summed E-state index contributed by atoms with van der Waals surface area (Å²) in [4.78, 5) is 40.7. The van der Waals surface area contributed by atoms with Gasteiger partial charge in [0.25, 0.3) is 17.5 Å². The lowest BCUT2D eigenvalue weighted by Crippen LogP contribution is -2.32. The second kappa shape index (κ2) is 9.58. The van der Waals surface area contributed by atoms with Gasteiger partial charge in [-0.3, -0.25) is 19.7 Å². The van der Waals surface area contributed by atoms with Crippen molar-refractivity contribution in [3.63, 3.8) is 0 Å². The van der Waals surface area contributed by atoms with Crippen LogP contribution in [0.2, 0.25) is 0 Å². The number of carbonyl (C=O) groups excluding carboxylic acids is 2. The minimum atomic E-state index is -0.507. The normalized spacial score (nSPS) is 13.4. The zero-order chi connectivity index (χ0) is 24.2. The minimum absolute atomic E-state index is 0.0949. The highest BCUT2D eigenvalue weighted by atomic mass is 16.6. The van der Waals surface area contributed by atoms with Gasteiger partial charge in [-0.2, -0.15) is 0 Å². The Kier molecular flexibility index (Phi) is 6.40. The number of hydrogen-bond acceptors (Lipinski definition) is 6. The number of amides is 2. The molecular formula is C26H24N4O4. The van der Waals surface area contributed by atoms with Crippen LogP contribution in [0.1, 0.15) is 19.4 Å². The summed E-state index contributed by atoms with van der Waals surface area (Å²) in [5.74, 6) is -0.982. The summed E-state index contributed by atoms with van der Waals surface area (Å²) in [6.07, 6.45) is 0. The van der Waals surface area contributed by atoms with Crippen LogP contribution < -0.4 is 15.1 Å². The van der Waals surface area contributed by atoms with Crippen LogP contribution >= 0.6 is 0 Å². The largest absolute Gasteiger partial charge is 0.372 e. The third-order valence-corrected chi connectivity index (χ3v) is 5.73. The van der Waals surface area contributed by atoms with Crippen molar-refractivity contribution in [3.8, 4) is 0 Å². The molecule has 3 aromatic carbocycles. The first-order valence-electron chi connectivity index (χ1n) is 11.0. The van der Waals surface area contributed by atoms with Crippen molar-refractivity contribution in [3.05, 3.63) is 100 Å². The van der Waals surface area contributed by atoms with Gasteiger partial charge < -0.3 is 10.2 Å². The predicted octanol–water partition coefficient (Wildman–Crippen LogP) is 4.84. The highest BCUT2D eigenvalue weighted by molar-refractivity contribution is 6.46. The Bertz CT molecular complexity index is 1250. The number of imide groups is 1. The number of para-hydroxylation sites is 1. The van der Waals surface area contributed by atoms with E-state index in [4.69, 9.17) is 0 Å². The van der Waals surface area contributed by atoms with E-state index in [1.54, 1.807) is 30.3 Å². The number of carbonyl (C=O) groups is 2. The van der Waals surface area contributed by atoms with Crippen LogP contribution in [-0.2, 0) is 9.59 Å². The molecule has 1 aliphatic rings. The molecule has 8 heteroatoms.